The third-order valence-corrected chi connectivity index (χ3v) is 12.5. The van der Waals surface area contributed by atoms with Gasteiger partial charge >= 0.3 is 0 Å². The SMILES string of the molecule is [B][B][B][B][B][B][B][B][B][B]CCCC(C)SC(C)CCC[B][B][B][B][B][B][B][B][B][B].[B][B][B][B][B][B][B][B][B][B]CCCC(CC)SC(CC)CCC[B][B][B][B][B][B][B][B][B][B]. The topological polar surface area (TPSA) is 0 Å². The Morgan fingerprint density at radius 1 is 0.297 bits per heavy atom. The number of thioether (sulfide) groups is 2. The predicted molar refractivity (Wildman–Crippen MR) is 349 cm³/mol. The minimum Gasteiger partial charge on any atom is -0.156 e. The summed E-state index contributed by atoms with van der Waals surface area (Å²) in [5.74, 6) is 0. The second-order valence-corrected chi connectivity index (χ2v) is 18.3. The molecule has 0 aliphatic heterocycles. The van der Waals surface area contributed by atoms with Crippen LogP contribution >= 0.6 is 23.5 Å². The van der Waals surface area contributed by atoms with E-state index in [4.69, 9.17) is 30.9 Å². The first-order valence-corrected chi connectivity index (χ1v) is 25.5. The molecule has 0 nitrogen and oxygen atoms in total. The van der Waals surface area contributed by atoms with Gasteiger partial charge in [0.2, 0.25) is 0 Å². The van der Waals surface area contributed by atoms with Crippen molar-refractivity contribution >= 4 is 309 Å². The van der Waals surface area contributed by atoms with Crippen LogP contribution in [0.25, 0.3) is 0 Å². The van der Waals surface area contributed by atoms with Crippen molar-refractivity contribution < 1.29 is 0 Å². The van der Waals surface area contributed by atoms with Crippen LogP contribution in [0.15, 0.2) is 0 Å². The third-order valence-electron chi connectivity index (χ3n) is 9.17. The maximum Gasteiger partial charge on any atom is 0.0544 e. The number of hydrogen-bond donors (Lipinski definition) is 0. The maximum absolute atomic E-state index is 5.28. The summed E-state index contributed by atoms with van der Waals surface area (Å²) < 4.78 is 0. The maximum atomic E-state index is 5.28. The van der Waals surface area contributed by atoms with Crippen molar-refractivity contribution in [3.8, 4) is 0 Å². The summed E-state index contributed by atoms with van der Waals surface area (Å²) >= 11 is 4.35. The normalized spacial score (nSPS) is 11.2. The van der Waals surface area contributed by atoms with Gasteiger partial charge in [-0.2, -0.15) is 23.5 Å². The van der Waals surface area contributed by atoms with Gasteiger partial charge in [0, 0.05) is 278 Å². The Morgan fingerprint density at radius 2 is 0.516 bits per heavy atom. The van der Waals surface area contributed by atoms with Gasteiger partial charge in [-0.25, -0.2) is 0 Å². The summed E-state index contributed by atoms with van der Waals surface area (Å²) in [6.07, 6.45) is 17.3. The van der Waals surface area contributed by atoms with Gasteiger partial charge in [0.1, 0.15) is 0 Å². The van der Waals surface area contributed by atoms with Crippen molar-refractivity contribution in [1.29, 1.82) is 0 Å². The van der Waals surface area contributed by atoms with E-state index in [1.54, 1.807) is 14.1 Å². The molecule has 0 spiro atoms. The van der Waals surface area contributed by atoms with Gasteiger partial charge in [0.15, 0.2) is 0 Å². The zero-order valence-electron chi connectivity index (χ0n) is 40.1. The van der Waals surface area contributed by atoms with E-state index in [1.165, 1.54) is 92.5 Å². The molecule has 0 aromatic rings. The number of rotatable bonds is 54. The van der Waals surface area contributed by atoms with Crippen LogP contribution in [0.3, 0.4) is 0 Å². The van der Waals surface area contributed by atoms with E-state index in [9.17, 15) is 0 Å². The van der Waals surface area contributed by atoms with Crippen molar-refractivity contribution in [3.05, 3.63) is 0 Å². The van der Waals surface area contributed by atoms with E-state index in [0.29, 0.717) is 0 Å². The number of hydrogen-bond acceptors (Lipinski definition) is 2. The van der Waals surface area contributed by atoms with Crippen LogP contribution in [0.4, 0.5) is 0 Å². The highest BCUT2D eigenvalue weighted by Gasteiger charge is 2.15. The summed E-state index contributed by atoms with van der Waals surface area (Å²) in [6.45, 7) is 9.39. The van der Waals surface area contributed by atoms with Crippen molar-refractivity contribution in [1.82, 2.24) is 0 Å². The first kappa shape index (κ1) is 69.4. The van der Waals surface area contributed by atoms with Gasteiger partial charge in [-0.3, -0.25) is 0 Å². The first-order valence-electron chi connectivity index (χ1n) is 23.6. The Labute approximate surface area is 443 Å². The van der Waals surface area contributed by atoms with E-state index in [0.717, 1.165) is 46.3 Å². The molecule has 0 aromatic heterocycles. The fraction of sp³-hybridized carbons (Fsp3) is 1.00. The van der Waals surface area contributed by atoms with Crippen molar-refractivity contribution in [2.75, 3.05) is 0 Å². The molecule has 0 N–H and O–H groups in total. The van der Waals surface area contributed by atoms with Gasteiger partial charge in [-0.15, -0.1) is 0 Å². The molecular weight excluding hydrogens is 761 g/mol. The van der Waals surface area contributed by atoms with Gasteiger partial charge in [-0.05, 0) is 38.5 Å². The molecule has 0 amide bonds. The Morgan fingerprint density at radius 3 is 0.750 bits per heavy atom. The summed E-state index contributed by atoms with van der Waals surface area (Å²) in [5.41, 5.74) is 0. The highest BCUT2D eigenvalue weighted by Crippen LogP contribution is 2.30. The van der Waals surface area contributed by atoms with Crippen LogP contribution in [0.1, 0.15) is 91.9 Å². The third kappa shape index (κ3) is 59.6. The van der Waals surface area contributed by atoms with Crippen LogP contribution in [0, 0.1) is 0 Å². The standard InChI is InChI=1S/C12H24B20S.C10H20B20S/c1-3-11(7-5-9-15-19-23-27-31-29-25-21-17-13)33-12(4-2)8-6-10-16-20-24-28-32-30-26-22-18-14;1-9(5-3-7-13-17-21-25-29-27-23-19-15-11)31-10(2)6-4-8-14-18-22-26-30-28-24-20-16-12/h11-12H,3-10H2,1-2H3;9-10H,3-8H2,1-2H3. The largest absolute Gasteiger partial charge is 0.156 e. The summed E-state index contributed by atoms with van der Waals surface area (Å²) in [6, 6.07) is 0. The first-order chi connectivity index (χ1) is 31.5. The molecule has 264 valence electrons. The second-order valence-electron chi connectivity index (χ2n) is 14.8. The van der Waals surface area contributed by atoms with Crippen LogP contribution in [0.2, 0.25) is 25.3 Å². The van der Waals surface area contributed by atoms with Crippen molar-refractivity contribution in [3.63, 3.8) is 0 Å². The molecule has 0 aliphatic rings. The zero-order valence-corrected chi connectivity index (χ0v) is 41.8. The highest BCUT2D eigenvalue weighted by molar-refractivity contribution is 8.00. The van der Waals surface area contributed by atoms with E-state index < -0.39 is 0 Å². The predicted octanol–water partition coefficient (Wildman–Crippen LogP) is -6.47. The Balaban J connectivity index is 0. The Hall–Kier alpha value is 3.30. The van der Waals surface area contributed by atoms with Gasteiger partial charge in [0.25, 0.3) is 0 Å². The smallest absolute Gasteiger partial charge is 0.0544 e. The van der Waals surface area contributed by atoms with Gasteiger partial charge < -0.3 is 0 Å². The van der Waals surface area contributed by atoms with Crippen LogP contribution in [-0.4, -0.2) is 307 Å². The van der Waals surface area contributed by atoms with Crippen molar-refractivity contribution in [2.45, 2.75) is 138 Å². The minimum absolute atomic E-state index is 0.726. The van der Waals surface area contributed by atoms with Crippen LogP contribution in [0.5, 0.6) is 0 Å². The molecule has 42 heteroatoms. The van der Waals surface area contributed by atoms with E-state index in [1.807, 2.05) is 127 Å². The fourth-order valence-corrected chi connectivity index (χ4v) is 8.69. The zero-order chi connectivity index (χ0) is 47.1. The van der Waals surface area contributed by atoms with E-state index in [2.05, 4.69) is 136 Å². The van der Waals surface area contributed by atoms with Crippen molar-refractivity contribution in [2.24, 2.45) is 0 Å². The molecule has 0 aliphatic carbocycles. The van der Waals surface area contributed by atoms with Crippen LogP contribution < -0.4 is 0 Å². The Bertz CT molecular complexity index is 777. The molecule has 4 atom stereocenters. The van der Waals surface area contributed by atoms with E-state index >= 15 is 0 Å². The highest BCUT2D eigenvalue weighted by atomic mass is 32.2. The molecule has 44 radical (unpaired) electrons. The molecule has 64 heavy (non-hydrogen) atoms. The quantitative estimate of drug-likeness (QED) is 0.0444. The molecule has 0 fully saturated rings. The lowest BCUT2D eigenvalue weighted by Crippen LogP contribution is -2.31. The molecule has 0 aromatic carbocycles. The second kappa shape index (κ2) is 62.4. The monoisotopic (exact) mass is 813 g/mol. The summed E-state index contributed by atoms with van der Waals surface area (Å²) in [4.78, 5) is 0. The molecule has 4 unspecified atom stereocenters. The lowest BCUT2D eigenvalue weighted by atomic mass is 8.89. The Kier molecular flexibility index (Phi) is 67.7. The lowest BCUT2D eigenvalue weighted by Gasteiger charge is -2.21. The molecular formula is C22H44B40S2. The fourth-order valence-electron chi connectivity index (χ4n) is 5.75. The molecule has 0 bridgehead atoms. The van der Waals surface area contributed by atoms with Gasteiger partial charge in [0.05, 0.1) is 28.7 Å². The lowest BCUT2D eigenvalue weighted by molar-refractivity contribution is 0.684. The summed E-state index contributed by atoms with van der Waals surface area (Å²) in [7, 11) is 91.9. The molecule has 0 saturated heterocycles. The van der Waals surface area contributed by atoms with Crippen LogP contribution in [-0.2, 0) is 0 Å². The average Bonchev–Trinajstić information content (AvgIpc) is 3.30. The van der Waals surface area contributed by atoms with Gasteiger partial charge in [-0.1, -0.05) is 78.7 Å². The molecule has 0 heterocycles. The minimum atomic E-state index is 0.726. The molecule has 0 saturated carbocycles. The average molecular weight is 805 g/mol. The molecule has 0 rings (SSSR count). The van der Waals surface area contributed by atoms with E-state index in [-0.39, 0.29) is 0 Å². The summed E-state index contributed by atoms with van der Waals surface area (Å²) in [5, 5.41) is 3.02.